The summed E-state index contributed by atoms with van der Waals surface area (Å²) in [5.74, 6) is -1.38. The molecule has 1 rings (SSSR count). The van der Waals surface area contributed by atoms with Crippen molar-refractivity contribution in [1.29, 1.82) is 0 Å². The fourth-order valence-corrected chi connectivity index (χ4v) is 2.87. The third kappa shape index (κ3) is 6.60. The Hall–Kier alpha value is -1.50. The minimum Gasteiger partial charge on any atom is -0.481 e. The number of aliphatic carboxylic acids is 1. The molecule has 0 bridgehead atoms. The third-order valence-corrected chi connectivity index (χ3v) is 3.94. The summed E-state index contributed by atoms with van der Waals surface area (Å²) in [4.78, 5) is 33.5. The standard InChI is InChI=1S/C13H20N2O4S/c1-9(16)15-11(8-10-4-3-7-20-10)13(19)14-6-2-5-12(17)18/h3,7,10-11H,2,4-6,8H2,1H3,(H,14,19)(H,15,16)(H,17,18)/t10?,11-/m0/s1. The highest BCUT2D eigenvalue weighted by Gasteiger charge is 2.24. The molecular weight excluding hydrogens is 280 g/mol. The molecule has 1 unspecified atom stereocenters. The lowest BCUT2D eigenvalue weighted by Gasteiger charge is -2.20. The molecule has 0 aliphatic carbocycles. The van der Waals surface area contributed by atoms with Crippen LogP contribution in [0, 0.1) is 0 Å². The van der Waals surface area contributed by atoms with Crippen LogP contribution in [0.1, 0.15) is 32.6 Å². The van der Waals surface area contributed by atoms with Crippen molar-refractivity contribution < 1.29 is 19.5 Å². The van der Waals surface area contributed by atoms with Crippen LogP contribution in [0.3, 0.4) is 0 Å². The predicted octanol–water partition coefficient (Wildman–Crippen LogP) is 0.881. The van der Waals surface area contributed by atoms with Crippen LogP contribution in [0.5, 0.6) is 0 Å². The Morgan fingerprint density at radius 3 is 2.75 bits per heavy atom. The van der Waals surface area contributed by atoms with Gasteiger partial charge in [-0.2, -0.15) is 0 Å². The number of allylic oxidation sites excluding steroid dienone is 1. The van der Waals surface area contributed by atoms with E-state index in [2.05, 4.69) is 10.6 Å². The fourth-order valence-electron chi connectivity index (χ4n) is 1.90. The first-order valence-corrected chi connectivity index (χ1v) is 7.50. The van der Waals surface area contributed by atoms with Crippen LogP contribution in [-0.4, -0.2) is 40.7 Å². The summed E-state index contributed by atoms with van der Waals surface area (Å²) in [6.45, 7) is 1.68. The molecule has 0 radical (unpaired) electrons. The monoisotopic (exact) mass is 300 g/mol. The highest BCUT2D eigenvalue weighted by Crippen LogP contribution is 2.27. The molecule has 0 spiro atoms. The number of rotatable bonds is 8. The minimum absolute atomic E-state index is 0.0213. The second-order valence-electron chi connectivity index (χ2n) is 4.64. The molecule has 112 valence electrons. The maximum atomic E-state index is 12.0. The Labute approximate surface area is 122 Å². The topological polar surface area (TPSA) is 95.5 Å². The van der Waals surface area contributed by atoms with Gasteiger partial charge in [0.1, 0.15) is 6.04 Å². The molecule has 1 aliphatic heterocycles. The zero-order chi connectivity index (χ0) is 15.0. The van der Waals surface area contributed by atoms with Gasteiger partial charge in [-0.15, -0.1) is 11.8 Å². The highest BCUT2D eigenvalue weighted by atomic mass is 32.2. The molecule has 20 heavy (non-hydrogen) atoms. The molecule has 7 heteroatoms. The van der Waals surface area contributed by atoms with E-state index in [0.717, 1.165) is 6.42 Å². The Balaban J connectivity index is 2.38. The van der Waals surface area contributed by atoms with Crippen molar-refractivity contribution in [2.45, 2.75) is 43.9 Å². The van der Waals surface area contributed by atoms with Crippen molar-refractivity contribution in [3.63, 3.8) is 0 Å². The van der Waals surface area contributed by atoms with E-state index in [9.17, 15) is 14.4 Å². The van der Waals surface area contributed by atoms with Gasteiger partial charge in [0.15, 0.2) is 0 Å². The van der Waals surface area contributed by atoms with Gasteiger partial charge in [-0.05, 0) is 24.7 Å². The molecule has 2 amide bonds. The zero-order valence-electron chi connectivity index (χ0n) is 11.4. The van der Waals surface area contributed by atoms with Gasteiger partial charge in [-0.1, -0.05) is 6.08 Å². The summed E-state index contributed by atoms with van der Waals surface area (Å²) in [7, 11) is 0. The Morgan fingerprint density at radius 1 is 1.45 bits per heavy atom. The van der Waals surface area contributed by atoms with Gasteiger partial charge in [-0.25, -0.2) is 0 Å². The number of nitrogens with one attached hydrogen (secondary N) is 2. The molecule has 0 aromatic rings. The maximum Gasteiger partial charge on any atom is 0.303 e. The van der Waals surface area contributed by atoms with Crippen LogP contribution < -0.4 is 10.6 Å². The van der Waals surface area contributed by atoms with Crippen molar-refractivity contribution >= 4 is 29.5 Å². The maximum absolute atomic E-state index is 12.0. The largest absolute Gasteiger partial charge is 0.481 e. The van der Waals surface area contributed by atoms with Crippen LogP contribution in [-0.2, 0) is 14.4 Å². The smallest absolute Gasteiger partial charge is 0.303 e. The van der Waals surface area contributed by atoms with E-state index in [-0.39, 0.29) is 18.2 Å². The second-order valence-corrected chi connectivity index (χ2v) is 5.85. The SMILES string of the molecule is CC(=O)N[C@@H](CC1CC=CS1)C(=O)NCCCC(=O)O. The van der Waals surface area contributed by atoms with Crippen LogP contribution in [0.15, 0.2) is 11.5 Å². The minimum atomic E-state index is -0.883. The fraction of sp³-hybridized carbons (Fsp3) is 0.615. The van der Waals surface area contributed by atoms with E-state index in [1.807, 2.05) is 11.5 Å². The lowest BCUT2D eigenvalue weighted by atomic mass is 10.1. The van der Waals surface area contributed by atoms with E-state index in [0.29, 0.717) is 24.6 Å². The van der Waals surface area contributed by atoms with Crippen LogP contribution in [0.2, 0.25) is 0 Å². The zero-order valence-corrected chi connectivity index (χ0v) is 12.2. The lowest BCUT2D eigenvalue weighted by molar-refractivity contribution is -0.137. The molecule has 0 saturated heterocycles. The molecule has 0 aromatic carbocycles. The second kappa shape index (κ2) is 8.63. The normalized spacial score (nSPS) is 18.6. The first kappa shape index (κ1) is 16.6. The number of carbonyl (C=O) groups is 3. The first-order valence-electron chi connectivity index (χ1n) is 6.56. The number of hydrogen-bond donors (Lipinski definition) is 3. The average Bonchev–Trinajstić information content (AvgIpc) is 2.85. The molecule has 3 N–H and O–H groups in total. The molecule has 0 saturated carbocycles. The third-order valence-electron chi connectivity index (χ3n) is 2.83. The van der Waals surface area contributed by atoms with Gasteiger partial charge in [0.2, 0.25) is 11.8 Å². The van der Waals surface area contributed by atoms with Gasteiger partial charge in [0.05, 0.1) is 0 Å². The highest BCUT2D eigenvalue weighted by molar-refractivity contribution is 8.03. The predicted molar refractivity (Wildman–Crippen MR) is 77.2 cm³/mol. The quantitative estimate of drug-likeness (QED) is 0.578. The van der Waals surface area contributed by atoms with Gasteiger partial charge < -0.3 is 15.7 Å². The summed E-state index contributed by atoms with van der Waals surface area (Å²) >= 11 is 1.66. The number of carboxylic acid groups (broad SMARTS) is 1. The average molecular weight is 300 g/mol. The van der Waals surface area contributed by atoms with Gasteiger partial charge in [0, 0.05) is 25.1 Å². The van der Waals surface area contributed by atoms with E-state index in [4.69, 9.17) is 5.11 Å². The number of carbonyl (C=O) groups excluding carboxylic acids is 2. The Morgan fingerprint density at radius 2 is 2.20 bits per heavy atom. The lowest BCUT2D eigenvalue weighted by Crippen LogP contribution is -2.47. The number of thioether (sulfide) groups is 1. The van der Waals surface area contributed by atoms with E-state index in [1.165, 1.54) is 6.92 Å². The molecule has 0 aromatic heterocycles. The molecule has 0 fully saturated rings. The van der Waals surface area contributed by atoms with Crippen LogP contribution in [0.4, 0.5) is 0 Å². The number of carboxylic acids is 1. The Kier molecular flexibility index (Phi) is 7.14. The van der Waals surface area contributed by atoms with E-state index < -0.39 is 12.0 Å². The van der Waals surface area contributed by atoms with Crippen molar-refractivity contribution in [3.05, 3.63) is 11.5 Å². The first-order chi connectivity index (χ1) is 9.49. The van der Waals surface area contributed by atoms with Crippen molar-refractivity contribution in [2.24, 2.45) is 0 Å². The molecular formula is C13H20N2O4S. The van der Waals surface area contributed by atoms with Crippen molar-refractivity contribution in [1.82, 2.24) is 10.6 Å². The molecule has 1 aliphatic rings. The summed E-state index contributed by atoms with van der Waals surface area (Å²) in [6.07, 6.45) is 3.92. The van der Waals surface area contributed by atoms with E-state index in [1.54, 1.807) is 11.8 Å². The summed E-state index contributed by atoms with van der Waals surface area (Å²) in [5, 5.41) is 16.1. The van der Waals surface area contributed by atoms with Crippen LogP contribution in [0.25, 0.3) is 0 Å². The number of hydrogen-bond acceptors (Lipinski definition) is 4. The summed E-state index contributed by atoms with van der Waals surface area (Å²) in [6, 6.07) is -0.560. The Bertz CT molecular complexity index is 390. The van der Waals surface area contributed by atoms with Gasteiger partial charge >= 0.3 is 5.97 Å². The van der Waals surface area contributed by atoms with Crippen LogP contribution >= 0.6 is 11.8 Å². The number of amides is 2. The van der Waals surface area contributed by atoms with E-state index >= 15 is 0 Å². The van der Waals surface area contributed by atoms with Gasteiger partial charge in [-0.3, -0.25) is 14.4 Å². The molecule has 1 heterocycles. The van der Waals surface area contributed by atoms with Gasteiger partial charge in [0.25, 0.3) is 0 Å². The summed E-state index contributed by atoms with van der Waals surface area (Å²) in [5.41, 5.74) is 0. The molecule has 2 atom stereocenters. The molecule has 6 nitrogen and oxygen atoms in total. The van der Waals surface area contributed by atoms with Crippen molar-refractivity contribution in [2.75, 3.05) is 6.54 Å². The summed E-state index contributed by atoms with van der Waals surface area (Å²) < 4.78 is 0. The van der Waals surface area contributed by atoms with Crippen molar-refractivity contribution in [3.8, 4) is 0 Å².